The number of rotatable bonds is 4. The Morgan fingerprint density at radius 1 is 0.963 bits per heavy atom. The summed E-state index contributed by atoms with van der Waals surface area (Å²) in [7, 11) is -5.03. The molecule has 3 aromatic rings. The van der Waals surface area contributed by atoms with Crippen molar-refractivity contribution in [3.05, 3.63) is 64.4 Å². The summed E-state index contributed by atoms with van der Waals surface area (Å²) in [6.45, 7) is 3.12. The fourth-order valence-corrected chi connectivity index (χ4v) is 3.78. The van der Waals surface area contributed by atoms with Crippen LogP contribution in [0.25, 0.3) is 5.65 Å². The Morgan fingerprint density at radius 3 is 2.11 bits per heavy atom. The van der Waals surface area contributed by atoms with Gasteiger partial charge in [0.05, 0.1) is 12.2 Å². The van der Waals surface area contributed by atoms with Crippen molar-refractivity contribution in [1.29, 1.82) is 0 Å². The van der Waals surface area contributed by atoms with Crippen LogP contribution in [0.15, 0.2) is 23.4 Å². The average Bonchev–Trinajstić information content (AvgIpc) is 3.00. The number of halogens is 5. The number of hydrogen-bond acceptors (Lipinski definition) is 3. The molecule has 0 unspecified atom stereocenters. The first kappa shape index (κ1) is 19.2. The molecule has 0 saturated heterocycles. The van der Waals surface area contributed by atoms with Crippen LogP contribution in [0.3, 0.4) is 0 Å². The molecule has 0 amide bonds. The lowest BCUT2D eigenvalue weighted by atomic mass is 10.2. The Balaban J connectivity index is 1.96. The topological polar surface area (TPSA) is 63.5 Å². The van der Waals surface area contributed by atoms with Crippen LogP contribution in [0.1, 0.15) is 16.8 Å². The smallest absolute Gasteiger partial charge is 0.247 e. The molecule has 0 spiro atoms. The minimum absolute atomic E-state index is 0.191. The largest absolute Gasteiger partial charge is 0.306 e. The van der Waals surface area contributed by atoms with Crippen molar-refractivity contribution in [2.45, 2.75) is 25.3 Å². The van der Waals surface area contributed by atoms with Gasteiger partial charge in [0.15, 0.2) is 28.2 Å². The molecule has 0 bridgehead atoms. The monoisotopic (exact) mass is 405 g/mol. The van der Waals surface area contributed by atoms with Gasteiger partial charge in [-0.25, -0.2) is 40.1 Å². The highest BCUT2D eigenvalue weighted by molar-refractivity contribution is 7.89. The molecule has 1 aromatic carbocycles. The molecule has 0 atom stereocenters. The summed E-state index contributed by atoms with van der Waals surface area (Å²) in [5.41, 5.74) is 2.46. The summed E-state index contributed by atoms with van der Waals surface area (Å²) in [5.74, 6) is -12.0. The van der Waals surface area contributed by atoms with Gasteiger partial charge in [-0.3, -0.25) is 0 Å². The number of benzene rings is 1. The van der Waals surface area contributed by atoms with Crippen molar-refractivity contribution in [1.82, 2.24) is 14.1 Å². The van der Waals surface area contributed by atoms with Gasteiger partial charge in [0.1, 0.15) is 5.65 Å². The quantitative estimate of drug-likeness (QED) is 0.412. The van der Waals surface area contributed by atoms with E-state index >= 15 is 0 Å². The van der Waals surface area contributed by atoms with Crippen molar-refractivity contribution in [2.24, 2.45) is 0 Å². The summed E-state index contributed by atoms with van der Waals surface area (Å²) in [4.78, 5) is 2.25. The number of nitrogens with zero attached hydrogens (tertiary/aromatic N) is 2. The van der Waals surface area contributed by atoms with Crippen molar-refractivity contribution in [3.63, 3.8) is 0 Å². The van der Waals surface area contributed by atoms with Gasteiger partial charge in [-0.2, -0.15) is 0 Å². The van der Waals surface area contributed by atoms with E-state index in [0.717, 1.165) is 11.1 Å². The van der Waals surface area contributed by atoms with Crippen LogP contribution in [-0.2, 0) is 16.6 Å². The number of sulfonamides is 1. The van der Waals surface area contributed by atoms with Gasteiger partial charge >= 0.3 is 0 Å². The predicted molar refractivity (Wildman–Crippen MR) is 84.9 cm³/mol. The zero-order valence-corrected chi connectivity index (χ0v) is 14.8. The van der Waals surface area contributed by atoms with Gasteiger partial charge in [0, 0.05) is 12.4 Å². The number of aromatic nitrogens is 2. The van der Waals surface area contributed by atoms with E-state index in [1.54, 1.807) is 22.2 Å². The van der Waals surface area contributed by atoms with Gasteiger partial charge in [0.25, 0.3) is 0 Å². The van der Waals surface area contributed by atoms with E-state index in [1.807, 2.05) is 13.0 Å². The lowest BCUT2D eigenvalue weighted by molar-refractivity contribution is 0.357. The molecule has 27 heavy (non-hydrogen) atoms. The number of imidazole rings is 1. The minimum atomic E-state index is -5.03. The van der Waals surface area contributed by atoms with E-state index in [4.69, 9.17) is 0 Å². The minimum Gasteiger partial charge on any atom is -0.306 e. The molecule has 144 valence electrons. The molecule has 2 heterocycles. The van der Waals surface area contributed by atoms with Crippen LogP contribution in [0.5, 0.6) is 0 Å². The van der Waals surface area contributed by atoms with Crippen LogP contribution in [0.2, 0.25) is 0 Å². The number of aryl methyl sites for hydroxylation is 2. The van der Waals surface area contributed by atoms with E-state index < -0.39 is 50.5 Å². The molecule has 0 radical (unpaired) electrons. The molecule has 1 N–H and O–H groups in total. The van der Waals surface area contributed by atoms with Crippen LogP contribution in [0, 0.1) is 42.9 Å². The molecule has 2 aromatic heterocycles. The first-order chi connectivity index (χ1) is 12.5. The number of fused-ring (bicyclic) bond motifs is 1. The van der Waals surface area contributed by atoms with Crippen molar-refractivity contribution in [3.8, 4) is 0 Å². The van der Waals surface area contributed by atoms with Gasteiger partial charge in [0.2, 0.25) is 15.8 Å². The number of pyridine rings is 1. The van der Waals surface area contributed by atoms with Gasteiger partial charge < -0.3 is 4.40 Å². The zero-order valence-electron chi connectivity index (χ0n) is 13.9. The molecule has 0 fully saturated rings. The first-order valence-electron chi connectivity index (χ1n) is 7.49. The normalized spacial score (nSPS) is 12.1. The highest BCUT2D eigenvalue weighted by Gasteiger charge is 2.33. The van der Waals surface area contributed by atoms with E-state index in [2.05, 4.69) is 4.98 Å². The van der Waals surface area contributed by atoms with Crippen molar-refractivity contribution >= 4 is 15.7 Å². The standard InChI is InChI=1S/C16H12F5N3O2S/c1-7-3-8(2)16-23-9(6-24(16)5-7)4-22-27(25,26)15-13(20)11(18)10(17)12(19)14(15)21/h3,5-6,22H,4H2,1-2H3. The molecular weight excluding hydrogens is 393 g/mol. The summed E-state index contributed by atoms with van der Waals surface area (Å²) in [6, 6.07) is 1.85. The van der Waals surface area contributed by atoms with Crippen LogP contribution >= 0.6 is 0 Å². The number of nitrogens with one attached hydrogen (secondary N) is 1. The van der Waals surface area contributed by atoms with Crippen molar-refractivity contribution in [2.75, 3.05) is 0 Å². The average molecular weight is 405 g/mol. The van der Waals surface area contributed by atoms with Gasteiger partial charge in [-0.15, -0.1) is 0 Å². The maximum absolute atomic E-state index is 13.7. The SMILES string of the molecule is Cc1cc(C)c2nc(CNS(=O)(=O)c3c(F)c(F)c(F)c(F)c3F)cn2c1. The maximum atomic E-state index is 13.7. The predicted octanol–water partition coefficient (Wildman–Crippen LogP) is 3.13. The van der Waals surface area contributed by atoms with E-state index in [0.29, 0.717) is 5.65 Å². The van der Waals surface area contributed by atoms with E-state index in [9.17, 15) is 30.4 Å². The van der Waals surface area contributed by atoms with Gasteiger partial charge in [-0.1, -0.05) is 6.07 Å². The molecule has 0 saturated carbocycles. The fourth-order valence-electron chi connectivity index (χ4n) is 2.64. The highest BCUT2D eigenvalue weighted by Crippen LogP contribution is 2.26. The van der Waals surface area contributed by atoms with E-state index in [-0.39, 0.29) is 5.69 Å². The van der Waals surface area contributed by atoms with Crippen LogP contribution in [-0.4, -0.2) is 17.8 Å². The summed E-state index contributed by atoms with van der Waals surface area (Å²) >= 11 is 0. The fraction of sp³-hybridized carbons (Fsp3) is 0.188. The summed E-state index contributed by atoms with van der Waals surface area (Å²) in [6.07, 6.45) is 3.22. The Hall–Kier alpha value is -2.53. The maximum Gasteiger partial charge on any atom is 0.247 e. The lowest BCUT2D eigenvalue weighted by Crippen LogP contribution is -2.27. The molecule has 0 aliphatic heterocycles. The van der Waals surface area contributed by atoms with Gasteiger partial charge in [-0.05, 0) is 25.0 Å². The second-order valence-electron chi connectivity index (χ2n) is 5.89. The molecule has 5 nitrogen and oxygen atoms in total. The summed E-state index contributed by atoms with van der Waals surface area (Å²) < 4.78 is 94.7. The second kappa shape index (κ2) is 6.57. The Morgan fingerprint density at radius 2 is 1.52 bits per heavy atom. The highest BCUT2D eigenvalue weighted by atomic mass is 32.2. The lowest BCUT2D eigenvalue weighted by Gasteiger charge is -2.09. The molecule has 11 heteroatoms. The van der Waals surface area contributed by atoms with E-state index in [1.165, 1.54) is 6.20 Å². The van der Waals surface area contributed by atoms with Crippen LogP contribution < -0.4 is 4.72 Å². The second-order valence-corrected chi connectivity index (χ2v) is 7.59. The molecule has 0 aliphatic carbocycles. The zero-order chi connectivity index (χ0) is 20.1. The Kier molecular flexibility index (Phi) is 4.68. The van der Waals surface area contributed by atoms with Crippen LogP contribution in [0.4, 0.5) is 22.0 Å². The summed E-state index contributed by atoms with van der Waals surface area (Å²) in [5, 5.41) is 0. The molecular formula is C16H12F5N3O2S. The third-order valence-corrected chi connectivity index (χ3v) is 5.22. The first-order valence-corrected chi connectivity index (χ1v) is 8.97. The third kappa shape index (κ3) is 3.28. The Labute approximate surface area is 150 Å². The van der Waals surface area contributed by atoms with Crippen molar-refractivity contribution < 1.29 is 30.4 Å². The third-order valence-electron chi connectivity index (χ3n) is 3.80. The molecule has 3 rings (SSSR count). The Bertz CT molecular complexity index is 1150. The molecule has 0 aliphatic rings. The number of hydrogen-bond donors (Lipinski definition) is 1.